The molecule has 0 heterocycles. The highest BCUT2D eigenvalue weighted by atomic mass is 19.2. The van der Waals surface area contributed by atoms with E-state index in [0.717, 1.165) is 6.07 Å². The van der Waals surface area contributed by atoms with Gasteiger partial charge in [-0.25, -0.2) is 8.78 Å². The Bertz CT molecular complexity index is 396. The van der Waals surface area contributed by atoms with Gasteiger partial charge in [0.25, 0.3) is 0 Å². The highest BCUT2D eigenvalue weighted by molar-refractivity contribution is 5.78. The van der Waals surface area contributed by atoms with Gasteiger partial charge in [-0.05, 0) is 19.4 Å². The molecule has 1 rings (SSSR count). The summed E-state index contributed by atoms with van der Waals surface area (Å²) in [5.74, 6) is -2.34. The summed E-state index contributed by atoms with van der Waals surface area (Å²) < 4.78 is 26.1. The second-order valence-corrected chi connectivity index (χ2v) is 3.87. The lowest BCUT2D eigenvalue weighted by atomic mass is 10.1. The van der Waals surface area contributed by atoms with Crippen LogP contribution >= 0.6 is 0 Å². The van der Waals surface area contributed by atoms with Gasteiger partial charge < -0.3 is 10.4 Å². The van der Waals surface area contributed by atoms with Crippen molar-refractivity contribution >= 4 is 5.91 Å². The van der Waals surface area contributed by atoms with E-state index >= 15 is 0 Å². The van der Waals surface area contributed by atoms with Crippen molar-refractivity contribution in [2.24, 2.45) is 0 Å². The lowest BCUT2D eigenvalue weighted by Gasteiger charge is -2.12. The number of rotatable bonds is 5. The van der Waals surface area contributed by atoms with E-state index in [1.54, 1.807) is 6.92 Å². The molecular weight excluding hydrogens is 228 g/mol. The van der Waals surface area contributed by atoms with Crippen LogP contribution in [0.2, 0.25) is 0 Å². The normalized spacial score (nSPS) is 12.2. The van der Waals surface area contributed by atoms with Crippen molar-refractivity contribution in [3.63, 3.8) is 0 Å². The lowest BCUT2D eigenvalue weighted by molar-refractivity contribution is -0.121. The molecule has 2 N–H and O–H groups in total. The van der Waals surface area contributed by atoms with Crippen molar-refractivity contribution in [2.75, 3.05) is 6.61 Å². The molecule has 0 aliphatic heterocycles. The highest BCUT2D eigenvalue weighted by Gasteiger charge is 2.13. The van der Waals surface area contributed by atoms with Crippen molar-refractivity contribution in [2.45, 2.75) is 25.8 Å². The number of carbonyl (C=O) groups is 1. The number of aliphatic hydroxyl groups excluding tert-OH is 1. The second kappa shape index (κ2) is 6.30. The van der Waals surface area contributed by atoms with Crippen molar-refractivity contribution in [3.05, 3.63) is 35.4 Å². The molecular formula is C12H15F2NO2. The van der Waals surface area contributed by atoms with Gasteiger partial charge in [-0.3, -0.25) is 4.79 Å². The van der Waals surface area contributed by atoms with Gasteiger partial charge in [-0.1, -0.05) is 12.1 Å². The molecule has 1 atom stereocenters. The molecule has 0 spiro atoms. The number of nitrogens with one attached hydrogen (secondary N) is 1. The molecule has 0 saturated carbocycles. The zero-order valence-electron chi connectivity index (χ0n) is 9.54. The van der Waals surface area contributed by atoms with Crippen molar-refractivity contribution < 1.29 is 18.7 Å². The van der Waals surface area contributed by atoms with Crippen LogP contribution < -0.4 is 5.32 Å². The van der Waals surface area contributed by atoms with Gasteiger partial charge in [0.2, 0.25) is 5.91 Å². The molecule has 0 saturated heterocycles. The van der Waals surface area contributed by atoms with Crippen LogP contribution in [0.3, 0.4) is 0 Å². The molecule has 1 aromatic rings. The largest absolute Gasteiger partial charge is 0.396 e. The van der Waals surface area contributed by atoms with Crippen LogP contribution in [-0.4, -0.2) is 23.7 Å². The topological polar surface area (TPSA) is 49.3 Å². The van der Waals surface area contributed by atoms with E-state index in [-0.39, 0.29) is 24.6 Å². The van der Waals surface area contributed by atoms with Crippen LogP contribution in [0.5, 0.6) is 0 Å². The number of carbonyl (C=O) groups excluding carboxylic acids is 1. The highest BCUT2D eigenvalue weighted by Crippen LogP contribution is 2.11. The Kier molecular flexibility index (Phi) is 5.03. The van der Waals surface area contributed by atoms with E-state index in [4.69, 9.17) is 5.11 Å². The fourth-order valence-corrected chi connectivity index (χ4v) is 1.45. The summed E-state index contributed by atoms with van der Waals surface area (Å²) >= 11 is 0. The third kappa shape index (κ3) is 4.11. The Morgan fingerprint density at radius 2 is 2.18 bits per heavy atom. The predicted molar refractivity (Wildman–Crippen MR) is 59.4 cm³/mol. The maximum absolute atomic E-state index is 13.3. The SMILES string of the molecule is CC(CCO)NC(=O)Cc1cccc(F)c1F. The standard InChI is InChI=1S/C12H15F2NO2/c1-8(5-6-16)15-11(17)7-9-3-2-4-10(13)12(9)14/h2-4,8,16H,5-7H2,1H3,(H,15,17). The number of aliphatic hydroxyl groups is 1. The first-order valence-corrected chi connectivity index (χ1v) is 5.37. The van der Waals surface area contributed by atoms with E-state index < -0.39 is 17.5 Å². The predicted octanol–water partition coefficient (Wildman–Crippen LogP) is 1.39. The fourth-order valence-electron chi connectivity index (χ4n) is 1.45. The van der Waals surface area contributed by atoms with Crippen LogP contribution in [0, 0.1) is 11.6 Å². The summed E-state index contributed by atoms with van der Waals surface area (Å²) in [6, 6.07) is 3.54. The Hall–Kier alpha value is -1.49. The van der Waals surface area contributed by atoms with E-state index in [2.05, 4.69) is 5.32 Å². The van der Waals surface area contributed by atoms with Gasteiger partial charge in [0.15, 0.2) is 11.6 Å². The molecule has 5 heteroatoms. The molecule has 94 valence electrons. The summed E-state index contributed by atoms with van der Waals surface area (Å²) in [7, 11) is 0. The molecule has 3 nitrogen and oxygen atoms in total. The molecule has 0 aliphatic carbocycles. The van der Waals surface area contributed by atoms with E-state index in [1.165, 1.54) is 12.1 Å². The third-order valence-electron chi connectivity index (χ3n) is 2.35. The Morgan fingerprint density at radius 3 is 2.82 bits per heavy atom. The van der Waals surface area contributed by atoms with Crippen molar-refractivity contribution in [1.29, 1.82) is 0 Å². The van der Waals surface area contributed by atoms with Gasteiger partial charge in [-0.2, -0.15) is 0 Å². The van der Waals surface area contributed by atoms with Crippen molar-refractivity contribution in [1.82, 2.24) is 5.32 Å². The van der Waals surface area contributed by atoms with Crippen LogP contribution in [0.15, 0.2) is 18.2 Å². The van der Waals surface area contributed by atoms with Crippen LogP contribution in [0.4, 0.5) is 8.78 Å². The summed E-state index contributed by atoms with van der Waals surface area (Å²) in [4.78, 5) is 11.5. The maximum atomic E-state index is 13.3. The van der Waals surface area contributed by atoms with Gasteiger partial charge in [0.1, 0.15) is 0 Å². The zero-order valence-corrected chi connectivity index (χ0v) is 9.54. The summed E-state index contributed by atoms with van der Waals surface area (Å²) in [5.41, 5.74) is 0.0266. The van der Waals surface area contributed by atoms with Gasteiger partial charge in [-0.15, -0.1) is 0 Å². The number of hydrogen-bond acceptors (Lipinski definition) is 2. The Morgan fingerprint density at radius 1 is 1.47 bits per heavy atom. The average Bonchev–Trinajstić information content (AvgIpc) is 2.25. The number of hydrogen-bond donors (Lipinski definition) is 2. The van der Waals surface area contributed by atoms with E-state index in [1.807, 2.05) is 0 Å². The van der Waals surface area contributed by atoms with E-state index in [0.29, 0.717) is 6.42 Å². The smallest absolute Gasteiger partial charge is 0.224 e. The average molecular weight is 243 g/mol. The van der Waals surface area contributed by atoms with Gasteiger partial charge in [0.05, 0.1) is 6.42 Å². The van der Waals surface area contributed by atoms with E-state index in [9.17, 15) is 13.6 Å². The molecule has 0 radical (unpaired) electrons. The van der Waals surface area contributed by atoms with Gasteiger partial charge >= 0.3 is 0 Å². The minimum atomic E-state index is -0.988. The van der Waals surface area contributed by atoms with Crippen LogP contribution in [0.25, 0.3) is 0 Å². The number of benzene rings is 1. The summed E-state index contributed by atoms with van der Waals surface area (Å²) in [6.07, 6.45) is 0.219. The zero-order chi connectivity index (χ0) is 12.8. The first-order valence-electron chi connectivity index (χ1n) is 5.37. The molecule has 0 fully saturated rings. The lowest BCUT2D eigenvalue weighted by Crippen LogP contribution is -2.34. The Balaban J connectivity index is 2.59. The quantitative estimate of drug-likeness (QED) is 0.821. The van der Waals surface area contributed by atoms with Crippen molar-refractivity contribution in [3.8, 4) is 0 Å². The molecule has 17 heavy (non-hydrogen) atoms. The number of halogens is 2. The Labute approximate surface area is 98.5 Å². The van der Waals surface area contributed by atoms with Crippen LogP contribution in [0.1, 0.15) is 18.9 Å². The molecule has 0 aromatic heterocycles. The molecule has 1 amide bonds. The molecule has 1 unspecified atom stereocenters. The molecule has 1 aromatic carbocycles. The first kappa shape index (κ1) is 13.6. The summed E-state index contributed by atoms with van der Waals surface area (Å²) in [5, 5.41) is 11.2. The maximum Gasteiger partial charge on any atom is 0.224 e. The van der Waals surface area contributed by atoms with Gasteiger partial charge in [0, 0.05) is 18.2 Å². The first-order chi connectivity index (χ1) is 8.04. The third-order valence-corrected chi connectivity index (χ3v) is 2.35. The minimum Gasteiger partial charge on any atom is -0.396 e. The fraction of sp³-hybridized carbons (Fsp3) is 0.417. The minimum absolute atomic E-state index is 0.0266. The monoisotopic (exact) mass is 243 g/mol. The molecule has 0 aliphatic rings. The summed E-state index contributed by atoms with van der Waals surface area (Å²) in [6.45, 7) is 1.70. The second-order valence-electron chi connectivity index (χ2n) is 3.87. The van der Waals surface area contributed by atoms with Crippen LogP contribution in [-0.2, 0) is 11.2 Å². The number of amides is 1. The molecule has 0 bridgehead atoms.